The van der Waals surface area contributed by atoms with E-state index in [4.69, 9.17) is 4.52 Å². The van der Waals surface area contributed by atoms with Crippen molar-refractivity contribution >= 4 is 11.6 Å². The first-order valence-corrected chi connectivity index (χ1v) is 7.95. The van der Waals surface area contributed by atoms with Gasteiger partial charge in [-0.2, -0.15) is 4.98 Å². The number of hydrogen-bond donors (Lipinski definition) is 0. The molecule has 5 nitrogen and oxygen atoms in total. The largest absolute Gasteiger partial charge is 0.339 e. The number of carbonyl (C=O) groups is 1. The van der Waals surface area contributed by atoms with Crippen molar-refractivity contribution in [3.63, 3.8) is 0 Å². The van der Waals surface area contributed by atoms with Gasteiger partial charge in [-0.3, -0.25) is 4.79 Å². The van der Waals surface area contributed by atoms with Crippen molar-refractivity contribution in [3.8, 4) is 11.4 Å². The van der Waals surface area contributed by atoms with E-state index in [-0.39, 0.29) is 11.9 Å². The van der Waals surface area contributed by atoms with E-state index in [0.29, 0.717) is 17.3 Å². The summed E-state index contributed by atoms with van der Waals surface area (Å²) in [5.41, 5.74) is 3.61. The standard InChI is InChI=1S/C19H17N3O2/c1-12-10-14-6-3-4-9-17(14)22(12)19(23)16-8-5-7-15(11-16)18-20-13(2)24-21-18/h3-9,11-12H,10H2,1-2H3. The molecule has 1 aromatic heterocycles. The number of para-hydroxylation sites is 1. The van der Waals surface area contributed by atoms with Crippen molar-refractivity contribution in [2.45, 2.75) is 26.3 Å². The number of fused-ring (bicyclic) bond motifs is 1. The summed E-state index contributed by atoms with van der Waals surface area (Å²) in [6.07, 6.45) is 0.881. The number of aromatic nitrogens is 2. The highest BCUT2D eigenvalue weighted by molar-refractivity contribution is 6.08. The van der Waals surface area contributed by atoms with Crippen molar-refractivity contribution in [2.24, 2.45) is 0 Å². The van der Waals surface area contributed by atoms with E-state index in [2.05, 4.69) is 23.1 Å². The monoisotopic (exact) mass is 319 g/mol. The second-order valence-electron chi connectivity index (χ2n) is 6.07. The average molecular weight is 319 g/mol. The molecule has 2 aromatic carbocycles. The minimum absolute atomic E-state index is 0.00508. The molecule has 1 unspecified atom stereocenters. The van der Waals surface area contributed by atoms with Gasteiger partial charge in [-0.25, -0.2) is 0 Å². The Balaban J connectivity index is 1.71. The Kier molecular flexibility index (Phi) is 3.41. The number of aryl methyl sites for hydroxylation is 1. The Bertz CT molecular complexity index is 916. The molecule has 5 heteroatoms. The molecule has 1 aliphatic rings. The highest BCUT2D eigenvalue weighted by Gasteiger charge is 2.31. The van der Waals surface area contributed by atoms with Crippen LogP contribution in [0.3, 0.4) is 0 Å². The van der Waals surface area contributed by atoms with Gasteiger partial charge in [0.25, 0.3) is 5.91 Å². The summed E-state index contributed by atoms with van der Waals surface area (Å²) in [6.45, 7) is 3.82. The van der Waals surface area contributed by atoms with Crippen molar-refractivity contribution in [2.75, 3.05) is 4.90 Å². The summed E-state index contributed by atoms with van der Waals surface area (Å²) in [5, 5.41) is 3.92. The molecular weight excluding hydrogens is 302 g/mol. The lowest BCUT2D eigenvalue weighted by Crippen LogP contribution is -2.35. The van der Waals surface area contributed by atoms with Crippen LogP contribution in [0.25, 0.3) is 11.4 Å². The third-order valence-corrected chi connectivity index (χ3v) is 4.32. The lowest BCUT2D eigenvalue weighted by molar-refractivity contribution is 0.0981. The topological polar surface area (TPSA) is 59.2 Å². The van der Waals surface area contributed by atoms with Crippen LogP contribution in [-0.4, -0.2) is 22.1 Å². The third-order valence-electron chi connectivity index (χ3n) is 4.32. The maximum absolute atomic E-state index is 13.1. The van der Waals surface area contributed by atoms with E-state index in [9.17, 15) is 4.79 Å². The molecule has 3 aromatic rings. The van der Waals surface area contributed by atoms with Gasteiger partial charge in [-0.15, -0.1) is 0 Å². The summed E-state index contributed by atoms with van der Waals surface area (Å²) in [7, 11) is 0. The number of benzene rings is 2. The first-order valence-electron chi connectivity index (χ1n) is 7.95. The van der Waals surface area contributed by atoms with E-state index < -0.39 is 0 Å². The van der Waals surface area contributed by atoms with Crippen LogP contribution in [0.4, 0.5) is 5.69 Å². The summed E-state index contributed by atoms with van der Waals surface area (Å²) >= 11 is 0. The average Bonchev–Trinajstić information content (AvgIpc) is 3.17. The number of anilines is 1. The molecule has 0 saturated carbocycles. The first kappa shape index (κ1) is 14.6. The van der Waals surface area contributed by atoms with Gasteiger partial charge in [-0.05, 0) is 37.1 Å². The quantitative estimate of drug-likeness (QED) is 0.723. The van der Waals surface area contributed by atoms with Gasteiger partial charge in [0.1, 0.15) is 0 Å². The van der Waals surface area contributed by atoms with Gasteiger partial charge in [-0.1, -0.05) is 35.5 Å². The SMILES string of the molecule is Cc1nc(-c2cccc(C(=O)N3c4ccccc4CC3C)c2)no1. The molecular formula is C19H17N3O2. The maximum Gasteiger partial charge on any atom is 0.258 e. The summed E-state index contributed by atoms with van der Waals surface area (Å²) in [6, 6.07) is 15.6. The van der Waals surface area contributed by atoms with Crippen LogP contribution < -0.4 is 4.90 Å². The predicted molar refractivity (Wildman–Crippen MR) is 90.9 cm³/mol. The molecule has 0 spiro atoms. The van der Waals surface area contributed by atoms with E-state index in [1.165, 1.54) is 5.56 Å². The Morgan fingerprint density at radius 2 is 2.04 bits per heavy atom. The van der Waals surface area contributed by atoms with Crippen LogP contribution in [0.5, 0.6) is 0 Å². The van der Waals surface area contributed by atoms with Crippen molar-refractivity contribution in [1.29, 1.82) is 0 Å². The molecule has 0 radical (unpaired) electrons. The molecule has 1 aliphatic heterocycles. The van der Waals surface area contributed by atoms with E-state index in [1.54, 1.807) is 6.92 Å². The highest BCUT2D eigenvalue weighted by atomic mass is 16.5. The third kappa shape index (κ3) is 2.38. The smallest absolute Gasteiger partial charge is 0.258 e. The van der Waals surface area contributed by atoms with Crippen LogP contribution >= 0.6 is 0 Å². The molecule has 0 aliphatic carbocycles. The van der Waals surface area contributed by atoms with Gasteiger partial charge >= 0.3 is 0 Å². The number of hydrogen-bond acceptors (Lipinski definition) is 4. The van der Waals surface area contributed by atoms with Gasteiger partial charge in [0.15, 0.2) is 0 Å². The molecule has 1 atom stereocenters. The summed E-state index contributed by atoms with van der Waals surface area (Å²) in [5.74, 6) is 0.996. The predicted octanol–water partition coefficient (Wildman–Crippen LogP) is 3.64. The fraction of sp³-hybridized carbons (Fsp3) is 0.211. The molecule has 1 amide bonds. The van der Waals surface area contributed by atoms with Crippen molar-refractivity contribution < 1.29 is 9.32 Å². The first-order chi connectivity index (χ1) is 11.6. The number of nitrogens with zero attached hydrogens (tertiary/aromatic N) is 3. The van der Waals surface area contributed by atoms with Crippen LogP contribution in [0.15, 0.2) is 53.1 Å². The maximum atomic E-state index is 13.1. The van der Waals surface area contributed by atoms with E-state index in [0.717, 1.165) is 17.7 Å². The fourth-order valence-corrected chi connectivity index (χ4v) is 3.22. The second kappa shape index (κ2) is 5.60. The molecule has 120 valence electrons. The van der Waals surface area contributed by atoms with Gasteiger partial charge < -0.3 is 9.42 Å². The number of rotatable bonds is 2. The Hall–Kier alpha value is -2.95. The molecule has 2 heterocycles. The zero-order chi connectivity index (χ0) is 16.7. The molecule has 0 fully saturated rings. The van der Waals surface area contributed by atoms with E-state index >= 15 is 0 Å². The van der Waals surface area contributed by atoms with Gasteiger partial charge in [0, 0.05) is 29.8 Å². The Morgan fingerprint density at radius 3 is 2.83 bits per heavy atom. The normalized spacial score (nSPS) is 16.2. The van der Waals surface area contributed by atoms with Crippen LogP contribution in [0.1, 0.15) is 28.7 Å². The number of carbonyl (C=O) groups excluding carboxylic acids is 1. The minimum Gasteiger partial charge on any atom is -0.339 e. The van der Waals surface area contributed by atoms with Crippen molar-refractivity contribution in [1.82, 2.24) is 10.1 Å². The summed E-state index contributed by atoms with van der Waals surface area (Å²) < 4.78 is 5.03. The molecule has 0 saturated heterocycles. The molecule has 4 rings (SSSR count). The van der Waals surface area contributed by atoms with Gasteiger partial charge in [0.05, 0.1) is 0 Å². The molecule has 0 bridgehead atoms. The Morgan fingerprint density at radius 1 is 1.21 bits per heavy atom. The zero-order valence-electron chi connectivity index (χ0n) is 13.6. The molecule has 24 heavy (non-hydrogen) atoms. The summed E-state index contributed by atoms with van der Waals surface area (Å²) in [4.78, 5) is 19.2. The fourth-order valence-electron chi connectivity index (χ4n) is 3.22. The number of amides is 1. The lowest BCUT2D eigenvalue weighted by atomic mass is 10.1. The Labute approximate surface area is 139 Å². The zero-order valence-corrected chi connectivity index (χ0v) is 13.6. The second-order valence-corrected chi connectivity index (χ2v) is 6.07. The molecule has 0 N–H and O–H groups in total. The van der Waals surface area contributed by atoms with E-state index in [1.807, 2.05) is 47.4 Å². The van der Waals surface area contributed by atoms with Gasteiger partial charge in [0.2, 0.25) is 11.7 Å². The van der Waals surface area contributed by atoms with Crippen LogP contribution in [0.2, 0.25) is 0 Å². The lowest BCUT2D eigenvalue weighted by Gasteiger charge is -2.23. The minimum atomic E-state index is -0.00508. The van der Waals surface area contributed by atoms with Crippen LogP contribution in [0, 0.1) is 6.92 Å². The van der Waals surface area contributed by atoms with Crippen molar-refractivity contribution in [3.05, 3.63) is 65.5 Å². The van der Waals surface area contributed by atoms with Crippen LogP contribution in [-0.2, 0) is 6.42 Å². The highest BCUT2D eigenvalue weighted by Crippen LogP contribution is 2.33.